The van der Waals surface area contributed by atoms with Crippen LogP contribution in [0, 0.1) is 0 Å². The number of carbonyl (C=O) groups is 1. The molecular formula is C15H30N2O3. The minimum Gasteiger partial charge on any atom is -0.444 e. The van der Waals surface area contributed by atoms with E-state index in [1.165, 1.54) is 0 Å². The summed E-state index contributed by atoms with van der Waals surface area (Å²) in [5.74, 6) is 0. The molecule has 0 aromatic rings. The predicted molar refractivity (Wildman–Crippen MR) is 79.9 cm³/mol. The van der Waals surface area contributed by atoms with Gasteiger partial charge in [-0.25, -0.2) is 4.79 Å². The van der Waals surface area contributed by atoms with Crippen LogP contribution in [0.25, 0.3) is 0 Å². The van der Waals surface area contributed by atoms with Crippen LogP contribution in [0.4, 0.5) is 4.79 Å². The first kappa shape index (κ1) is 17.2. The molecule has 1 aliphatic heterocycles. The normalized spacial score (nSPS) is 20.3. The van der Waals surface area contributed by atoms with Crippen LogP contribution in [0.2, 0.25) is 0 Å². The van der Waals surface area contributed by atoms with E-state index in [4.69, 9.17) is 9.47 Å². The maximum Gasteiger partial charge on any atom is 0.410 e. The highest BCUT2D eigenvalue weighted by atomic mass is 16.6. The van der Waals surface area contributed by atoms with Crippen LogP contribution in [0.5, 0.6) is 0 Å². The van der Waals surface area contributed by atoms with Crippen LogP contribution in [0.3, 0.4) is 0 Å². The van der Waals surface area contributed by atoms with Gasteiger partial charge < -0.3 is 19.7 Å². The van der Waals surface area contributed by atoms with Crippen molar-refractivity contribution < 1.29 is 14.3 Å². The largest absolute Gasteiger partial charge is 0.444 e. The first-order valence-electron chi connectivity index (χ1n) is 7.71. The third-order valence-electron chi connectivity index (χ3n) is 3.30. The summed E-state index contributed by atoms with van der Waals surface area (Å²) >= 11 is 0. The van der Waals surface area contributed by atoms with Crippen molar-refractivity contribution in [2.75, 3.05) is 32.8 Å². The molecule has 1 N–H and O–H groups in total. The second kappa shape index (κ2) is 8.47. The fourth-order valence-corrected chi connectivity index (χ4v) is 2.22. The van der Waals surface area contributed by atoms with Crippen molar-refractivity contribution in [3.63, 3.8) is 0 Å². The Balaban J connectivity index is 2.28. The molecule has 1 aliphatic rings. The van der Waals surface area contributed by atoms with Gasteiger partial charge in [-0.05, 0) is 47.0 Å². The van der Waals surface area contributed by atoms with E-state index in [9.17, 15) is 4.79 Å². The molecule has 0 aromatic carbocycles. The molecule has 5 heteroatoms. The number of ether oxygens (including phenoxy) is 2. The monoisotopic (exact) mass is 286 g/mol. The molecule has 20 heavy (non-hydrogen) atoms. The van der Waals surface area contributed by atoms with Crippen LogP contribution in [0.15, 0.2) is 0 Å². The minimum atomic E-state index is -0.434. The summed E-state index contributed by atoms with van der Waals surface area (Å²) in [5, 5.41) is 3.51. The number of likely N-dealkylation sites (N-methyl/N-ethyl adjacent to an activating group) is 1. The van der Waals surface area contributed by atoms with Gasteiger partial charge in [-0.3, -0.25) is 0 Å². The zero-order valence-corrected chi connectivity index (χ0v) is 13.4. The molecule has 1 saturated heterocycles. The lowest BCUT2D eigenvalue weighted by atomic mass is 10.1. The maximum absolute atomic E-state index is 12.0. The lowest BCUT2D eigenvalue weighted by Gasteiger charge is -2.27. The molecule has 118 valence electrons. The van der Waals surface area contributed by atoms with Crippen LogP contribution >= 0.6 is 0 Å². The van der Waals surface area contributed by atoms with E-state index in [1.807, 2.05) is 27.7 Å². The summed E-state index contributed by atoms with van der Waals surface area (Å²) in [7, 11) is 0. The Morgan fingerprint density at radius 2 is 2.10 bits per heavy atom. The molecule has 1 unspecified atom stereocenters. The molecule has 0 aliphatic carbocycles. The Morgan fingerprint density at radius 1 is 1.35 bits per heavy atom. The highest BCUT2D eigenvalue weighted by Crippen LogP contribution is 2.10. The van der Waals surface area contributed by atoms with Gasteiger partial charge in [0.05, 0.1) is 0 Å². The molecule has 0 bridgehead atoms. The lowest BCUT2D eigenvalue weighted by molar-refractivity contribution is 0.0260. The van der Waals surface area contributed by atoms with Crippen LogP contribution in [0.1, 0.15) is 47.0 Å². The molecule has 0 radical (unpaired) electrons. The first-order valence-corrected chi connectivity index (χ1v) is 7.71. The highest BCUT2D eigenvalue weighted by molar-refractivity contribution is 5.68. The third-order valence-corrected chi connectivity index (χ3v) is 3.30. The molecule has 5 nitrogen and oxygen atoms in total. The van der Waals surface area contributed by atoms with Gasteiger partial charge in [0.1, 0.15) is 5.60 Å². The second-order valence-electron chi connectivity index (χ2n) is 6.25. The Kier molecular flexibility index (Phi) is 7.30. The predicted octanol–water partition coefficient (Wildman–Crippen LogP) is 2.40. The van der Waals surface area contributed by atoms with Crippen molar-refractivity contribution in [2.24, 2.45) is 0 Å². The SMILES string of the molecule is CCN(CCNC1CCCOCC1)C(=O)OC(C)(C)C. The summed E-state index contributed by atoms with van der Waals surface area (Å²) in [6.07, 6.45) is 3.09. The van der Waals surface area contributed by atoms with E-state index in [2.05, 4.69) is 5.32 Å². The zero-order chi connectivity index (χ0) is 15.0. The van der Waals surface area contributed by atoms with Crippen molar-refractivity contribution in [3.05, 3.63) is 0 Å². The zero-order valence-electron chi connectivity index (χ0n) is 13.4. The van der Waals surface area contributed by atoms with Gasteiger partial charge in [0.15, 0.2) is 0 Å². The number of rotatable bonds is 5. The average molecular weight is 286 g/mol. The van der Waals surface area contributed by atoms with Crippen LogP contribution in [-0.4, -0.2) is 55.5 Å². The van der Waals surface area contributed by atoms with E-state index >= 15 is 0 Å². The molecule has 1 amide bonds. The minimum absolute atomic E-state index is 0.231. The van der Waals surface area contributed by atoms with E-state index in [0.29, 0.717) is 19.1 Å². The lowest BCUT2D eigenvalue weighted by Crippen LogP contribution is -2.42. The van der Waals surface area contributed by atoms with Crippen LogP contribution in [-0.2, 0) is 9.47 Å². The van der Waals surface area contributed by atoms with Crippen molar-refractivity contribution in [1.29, 1.82) is 0 Å². The molecule has 1 atom stereocenters. The standard InChI is InChI=1S/C15H30N2O3/c1-5-17(14(18)20-15(2,3)4)10-9-16-13-7-6-11-19-12-8-13/h13,16H,5-12H2,1-4H3. The van der Waals surface area contributed by atoms with Gasteiger partial charge >= 0.3 is 6.09 Å². The topological polar surface area (TPSA) is 50.8 Å². The fraction of sp³-hybridized carbons (Fsp3) is 0.933. The summed E-state index contributed by atoms with van der Waals surface area (Å²) in [4.78, 5) is 13.7. The number of amides is 1. The molecule has 0 spiro atoms. The van der Waals surface area contributed by atoms with E-state index < -0.39 is 5.60 Å². The van der Waals surface area contributed by atoms with Gasteiger partial charge in [0.25, 0.3) is 0 Å². The quantitative estimate of drug-likeness (QED) is 0.843. The third kappa shape index (κ3) is 7.10. The Morgan fingerprint density at radius 3 is 2.75 bits per heavy atom. The smallest absolute Gasteiger partial charge is 0.410 e. The number of carbonyl (C=O) groups excluding carboxylic acids is 1. The van der Waals surface area contributed by atoms with Gasteiger partial charge in [0, 0.05) is 38.9 Å². The van der Waals surface area contributed by atoms with E-state index in [-0.39, 0.29) is 6.09 Å². The number of nitrogens with one attached hydrogen (secondary N) is 1. The molecule has 0 saturated carbocycles. The van der Waals surface area contributed by atoms with Crippen molar-refractivity contribution >= 4 is 6.09 Å². The summed E-state index contributed by atoms with van der Waals surface area (Å²) in [5.41, 5.74) is -0.434. The van der Waals surface area contributed by atoms with Gasteiger partial charge in [-0.2, -0.15) is 0 Å². The Bertz CT molecular complexity index is 281. The maximum atomic E-state index is 12.0. The van der Waals surface area contributed by atoms with Gasteiger partial charge in [-0.15, -0.1) is 0 Å². The molecule has 1 rings (SSSR count). The second-order valence-corrected chi connectivity index (χ2v) is 6.25. The van der Waals surface area contributed by atoms with Crippen molar-refractivity contribution in [3.8, 4) is 0 Å². The number of nitrogens with zero attached hydrogens (tertiary/aromatic N) is 1. The van der Waals surface area contributed by atoms with Crippen molar-refractivity contribution in [1.82, 2.24) is 10.2 Å². The number of hydrogen-bond donors (Lipinski definition) is 1. The van der Waals surface area contributed by atoms with E-state index in [0.717, 1.165) is 39.0 Å². The molecule has 1 heterocycles. The Labute approximate surface area is 123 Å². The van der Waals surface area contributed by atoms with Crippen LogP contribution < -0.4 is 5.32 Å². The summed E-state index contributed by atoms with van der Waals surface area (Å²) in [6.45, 7) is 11.5. The fourth-order valence-electron chi connectivity index (χ4n) is 2.22. The van der Waals surface area contributed by atoms with Crippen molar-refractivity contribution in [2.45, 2.75) is 58.6 Å². The Hall–Kier alpha value is -0.810. The summed E-state index contributed by atoms with van der Waals surface area (Å²) < 4.78 is 10.8. The molecular weight excluding hydrogens is 256 g/mol. The first-order chi connectivity index (χ1) is 9.42. The van der Waals surface area contributed by atoms with E-state index in [1.54, 1.807) is 4.90 Å². The van der Waals surface area contributed by atoms with Gasteiger partial charge in [-0.1, -0.05) is 0 Å². The average Bonchev–Trinajstić information content (AvgIpc) is 2.61. The highest BCUT2D eigenvalue weighted by Gasteiger charge is 2.21. The molecule has 0 aromatic heterocycles. The summed E-state index contributed by atoms with van der Waals surface area (Å²) in [6, 6.07) is 0.509. The van der Waals surface area contributed by atoms with Gasteiger partial charge in [0.2, 0.25) is 0 Å². The molecule has 1 fully saturated rings. The number of hydrogen-bond acceptors (Lipinski definition) is 4.